The second-order valence-electron chi connectivity index (χ2n) is 5.31. The molecule has 1 unspecified atom stereocenters. The third kappa shape index (κ3) is 2.90. The van der Waals surface area contributed by atoms with Crippen LogP contribution < -0.4 is 0 Å². The minimum absolute atomic E-state index is 0.0690. The first-order valence-electron chi connectivity index (χ1n) is 6.92. The van der Waals surface area contributed by atoms with Crippen molar-refractivity contribution in [1.29, 1.82) is 0 Å². The lowest BCUT2D eigenvalue weighted by Crippen LogP contribution is -2.20. The Hall–Kier alpha value is -1.30. The molecule has 0 fully saturated rings. The highest BCUT2D eigenvalue weighted by atomic mass is 32.2. The zero-order chi connectivity index (χ0) is 14.9. The van der Waals surface area contributed by atoms with Crippen LogP contribution in [0.1, 0.15) is 49.1 Å². The molecule has 1 aliphatic rings. The van der Waals surface area contributed by atoms with Gasteiger partial charge in [-0.2, -0.15) is 0 Å². The van der Waals surface area contributed by atoms with Crippen molar-refractivity contribution in [3.8, 4) is 0 Å². The zero-order valence-electron chi connectivity index (χ0n) is 12.2. The number of hydrogen-bond acceptors (Lipinski definition) is 4. The highest BCUT2D eigenvalue weighted by molar-refractivity contribution is 7.89. The molecule has 0 aromatic carbocycles. The number of carbonyl (C=O) groups excluding carboxylic acids is 1. The number of nitrogens with zero attached hydrogens (tertiary/aromatic N) is 1. The van der Waals surface area contributed by atoms with Gasteiger partial charge < -0.3 is 4.74 Å². The lowest BCUT2D eigenvalue weighted by atomic mass is 9.85. The van der Waals surface area contributed by atoms with Crippen LogP contribution in [0.5, 0.6) is 0 Å². The first-order valence-corrected chi connectivity index (χ1v) is 8.76. The van der Waals surface area contributed by atoms with Crippen LogP contribution in [0.2, 0.25) is 0 Å². The van der Waals surface area contributed by atoms with Crippen LogP contribution in [0.4, 0.5) is 0 Å². The van der Waals surface area contributed by atoms with E-state index in [9.17, 15) is 13.2 Å². The van der Waals surface area contributed by atoms with E-state index in [-0.39, 0.29) is 11.9 Å². The van der Waals surface area contributed by atoms with E-state index in [1.165, 1.54) is 10.2 Å². The molecule has 0 amide bonds. The average Bonchev–Trinajstić information content (AvgIpc) is 2.66. The Morgan fingerprint density at radius 1 is 1.50 bits per heavy atom. The molecule has 1 aromatic rings. The SMILES string of the molecule is CCOC(=O)CC1CCCc2c1cc(C)n2S(C)(=O)=O. The summed E-state index contributed by atoms with van der Waals surface area (Å²) in [6.07, 6.45) is 4.09. The molecule has 0 bridgehead atoms. The third-order valence-electron chi connectivity index (χ3n) is 3.72. The van der Waals surface area contributed by atoms with Gasteiger partial charge in [0.1, 0.15) is 0 Å². The molecule has 0 spiro atoms. The molecule has 0 saturated heterocycles. The summed E-state index contributed by atoms with van der Waals surface area (Å²) in [5, 5.41) is 0. The Morgan fingerprint density at radius 3 is 2.80 bits per heavy atom. The smallest absolute Gasteiger partial charge is 0.306 e. The minimum atomic E-state index is -3.29. The van der Waals surface area contributed by atoms with E-state index in [1.54, 1.807) is 13.8 Å². The normalized spacial score (nSPS) is 18.6. The van der Waals surface area contributed by atoms with Gasteiger partial charge in [-0.1, -0.05) is 0 Å². The van der Waals surface area contributed by atoms with E-state index in [2.05, 4.69) is 0 Å². The molecule has 1 heterocycles. The maximum Gasteiger partial charge on any atom is 0.306 e. The van der Waals surface area contributed by atoms with Gasteiger partial charge in [0.15, 0.2) is 0 Å². The van der Waals surface area contributed by atoms with Gasteiger partial charge in [0.25, 0.3) is 0 Å². The number of aromatic nitrogens is 1. The summed E-state index contributed by atoms with van der Waals surface area (Å²) in [6.45, 7) is 3.96. The van der Waals surface area contributed by atoms with Crippen molar-refractivity contribution < 1.29 is 17.9 Å². The minimum Gasteiger partial charge on any atom is -0.466 e. The van der Waals surface area contributed by atoms with Crippen molar-refractivity contribution in [2.24, 2.45) is 0 Å². The number of hydrogen-bond donors (Lipinski definition) is 0. The number of carbonyl (C=O) groups is 1. The Bertz CT molecular complexity index is 615. The van der Waals surface area contributed by atoms with E-state index in [1.807, 2.05) is 6.07 Å². The maximum absolute atomic E-state index is 11.9. The van der Waals surface area contributed by atoms with Crippen LogP contribution >= 0.6 is 0 Å². The predicted octanol–water partition coefficient (Wildman–Crippen LogP) is 1.98. The van der Waals surface area contributed by atoms with Gasteiger partial charge in [0.05, 0.1) is 19.3 Å². The quantitative estimate of drug-likeness (QED) is 0.797. The number of rotatable bonds is 4. The summed E-state index contributed by atoms with van der Waals surface area (Å²) in [6, 6.07) is 1.90. The largest absolute Gasteiger partial charge is 0.466 e. The Labute approximate surface area is 120 Å². The maximum atomic E-state index is 11.9. The van der Waals surface area contributed by atoms with Crippen molar-refractivity contribution in [2.75, 3.05) is 12.9 Å². The Balaban J connectivity index is 2.36. The number of aryl methyl sites for hydroxylation is 1. The fourth-order valence-electron chi connectivity index (χ4n) is 3.06. The average molecular weight is 299 g/mol. The van der Waals surface area contributed by atoms with Gasteiger partial charge in [-0.05, 0) is 50.7 Å². The molecular weight excluding hydrogens is 278 g/mol. The number of esters is 1. The van der Waals surface area contributed by atoms with E-state index in [0.29, 0.717) is 18.7 Å². The number of fused-ring (bicyclic) bond motifs is 1. The number of ether oxygens (including phenoxy) is 1. The highest BCUT2D eigenvalue weighted by Gasteiger charge is 2.29. The Kier molecular flexibility index (Phi) is 4.22. The molecule has 2 rings (SSSR count). The topological polar surface area (TPSA) is 65.4 Å². The fraction of sp³-hybridized carbons (Fsp3) is 0.643. The van der Waals surface area contributed by atoms with Crippen LogP contribution in [0.3, 0.4) is 0 Å². The van der Waals surface area contributed by atoms with Gasteiger partial charge in [0, 0.05) is 11.4 Å². The zero-order valence-corrected chi connectivity index (χ0v) is 13.0. The summed E-state index contributed by atoms with van der Waals surface area (Å²) in [5.74, 6) is -0.144. The third-order valence-corrected chi connectivity index (χ3v) is 4.89. The molecule has 0 N–H and O–H groups in total. The van der Waals surface area contributed by atoms with Crippen molar-refractivity contribution in [3.63, 3.8) is 0 Å². The molecule has 0 radical (unpaired) electrons. The van der Waals surface area contributed by atoms with Crippen LogP contribution in [0, 0.1) is 6.92 Å². The summed E-state index contributed by atoms with van der Waals surface area (Å²) in [7, 11) is -3.29. The van der Waals surface area contributed by atoms with Crippen molar-refractivity contribution >= 4 is 16.0 Å². The molecule has 5 nitrogen and oxygen atoms in total. The van der Waals surface area contributed by atoms with Crippen LogP contribution in [0.25, 0.3) is 0 Å². The Morgan fingerprint density at radius 2 is 2.20 bits per heavy atom. The summed E-state index contributed by atoms with van der Waals surface area (Å²) >= 11 is 0. The summed E-state index contributed by atoms with van der Waals surface area (Å²) in [4.78, 5) is 11.7. The van der Waals surface area contributed by atoms with Gasteiger partial charge in [-0.25, -0.2) is 12.4 Å². The van der Waals surface area contributed by atoms with Crippen LogP contribution in [-0.2, 0) is 26.0 Å². The van der Waals surface area contributed by atoms with E-state index in [4.69, 9.17) is 4.74 Å². The molecule has 0 aliphatic heterocycles. The van der Waals surface area contributed by atoms with E-state index >= 15 is 0 Å². The fourth-order valence-corrected chi connectivity index (χ4v) is 4.24. The monoisotopic (exact) mass is 299 g/mol. The first-order chi connectivity index (χ1) is 9.34. The van der Waals surface area contributed by atoms with Crippen LogP contribution in [0.15, 0.2) is 6.07 Å². The molecule has 112 valence electrons. The second-order valence-corrected chi connectivity index (χ2v) is 7.14. The molecular formula is C14H21NO4S. The van der Waals surface area contributed by atoms with Gasteiger partial charge in [-0.15, -0.1) is 0 Å². The van der Waals surface area contributed by atoms with Crippen molar-refractivity contribution in [1.82, 2.24) is 3.97 Å². The van der Waals surface area contributed by atoms with Crippen LogP contribution in [-0.4, -0.2) is 31.2 Å². The van der Waals surface area contributed by atoms with Crippen molar-refractivity contribution in [2.45, 2.75) is 45.4 Å². The molecule has 1 atom stereocenters. The summed E-state index contributed by atoms with van der Waals surface area (Å²) < 4.78 is 30.2. The van der Waals surface area contributed by atoms with Gasteiger partial charge >= 0.3 is 5.97 Å². The predicted molar refractivity (Wildman–Crippen MR) is 76.3 cm³/mol. The molecule has 1 aromatic heterocycles. The van der Waals surface area contributed by atoms with E-state index in [0.717, 1.165) is 30.5 Å². The lowest BCUT2D eigenvalue weighted by molar-refractivity contribution is -0.143. The molecule has 0 saturated carbocycles. The highest BCUT2D eigenvalue weighted by Crippen LogP contribution is 2.36. The molecule has 6 heteroatoms. The first kappa shape index (κ1) is 15.1. The molecule has 20 heavy (non-hydrogen) atoms. The van der Waals surface area contributed by atoms with Gasteiger partial charge in [0.2, 0.25) is 10.0 Å². The van der Waals surface area contributed by atoms with Crippen molar-refractivity contribution in [3.05, 3.63) is 23.0 Å². The molecule has 1 aliphatic carbocycles. The lowest BCUT2D eigenvalue weighted by Gasteiger charge is -2.23. The van der Waals surface area contributed by atoms with Gasteiger partial charge in [-0.3, -0.25) is 4.79 Å². The summed E-state index contributed by atoms with van der Waals surface area (Å²) in [5.41, 5.74) is 2.55. The van der Waals surface area contributed by atoms with E-state index < -0.39 is 10.0 Å². The standard InChI is InChI=1S/C14H21NO4S/c1-4-19-14(16)9-11-6-5-7-13-12(11)8-10(2)15(13)20(3,17)18/h8,11H,4-7,9H2,1-3H3. The second kappa shape index (κ2) is 5.60.